The second kappa shape index (κ2) is 11.5. The summed E-state index contributed by atoms with van der Waals surface area (Å²) in [7, 11) is 4.10. The van der Waals surface area contributed by atoms with Crippen LogP contribution in [0.4, 0.5) is 4.79 Å². The molecule has 0 atom stereocenters. The molecule has 0 aliphatic carbocycles. The van der Waals surface area contributed by atoms with Gasteiger partial charge in [0.05, 0.1) is 11.8 Å². The Labute approximate surface area is 177 Å². The zero-order valence-corrected chi connectivity index (χ0v) is 17.8. The van der Waals surface area contributed by atoms with Crippen LogP contribution in [-0.2, 0) is 5.41 Å². The van der Waals surface area contributed by atoms with Gasteiger partial charge in [0.15, 0.2) is 0 Å². The molecule has 2 rings (SSSR count). The van der Waals surface area contributed by atoms with Crippen LogP contribution in [0.5, 0.6) is 0 Å². The van der Waals surface area contributed by atoms with E-state index < -0.39 is 11.4 Å². The van der Waals surface area contributed by atoms with Crippen LogP contribution in [0.25, 0.3) is 0 Å². The summed E-state index contributed by atoms with van der Waals surface area (Å²) in [5, 5.41) is 6.53. The monoisotopic (exact) mass is 416 g/mol. The standard InChI is InChI=1S/C22H29ClN4O2/c1-26(2)16-9-14-22(19-10-5-3-6-11-19,20-12-7-4-8-13-20)18-24-21(28)27(25-29)17-15-23/h3-8,10-13H,9,14-18H2,1-2H3,(H,24,28). The van der Waals surface area contributed by atoms with E-state index in [9.17, 15) is 9.70 Å². The normalized spacial score (nSPS) is 11.3. The fraction of sp³-hybridized carbons (Fsp3) is 0.409. The summed E-state index contributed by atoms with van der Waals surface area (Å²) in [4.78, 5) is 25.7. The number of benzene rings is 2. The van der Waals surface area contributed by atoms with Crippen LogP contribution in [0.15, 0.2) is 65.9 Å². The van der Waals surface area contributed by atoms with E-state index in [0.29, 0.717) is 6.54 Å². The van der Waals surface area contributed by atoms with Crippen molar-refractivity contribution in [2.75, 3.05) is 39.6 Å². The zero-order chi connectivity index (χ0) is 21.1. The number of halogens is 1. The second-order valence-corrected chi connectivity index (χ2v) is 7.65. The Hall–Kier alpha value is -2.44. The number of nitrogens with zero attached hydrogens (tertiary/aromatic N) is 3. The van der Waals surface area contributed by atoms with E-state index in [4.69, 9.17) is 11.6 Å². The third-order valence-corrected chi connectivity index (χ3v) is 5.20. The molecule has 0 fully saturated rings. The minimum absolute atomic E-state index is 0.0706. The number of nitroso groups, excluding NO2 is 1. The van der Waals surface area contributed by atoms with E-state index in [-0.39, 0.29) is 12.4 Å². The largest absolute Gasteiger partial charge is 0.340 e. The van der Waals surface area contributed by atoms with Gasteiger partial charge < -0.3 is 10.2 Å². The first-order valence-electron chi connectivity index (χ1n) is 9.74. The predicted octanol–water partition coefficient (Wildman–Crippen LogP) is 4.25. The molecular weight excluding hydrogens is 388 g/mol. The van der Waals surface area contributed by atoms with E-state index in [0.717, 1.165) is 35.5 Å². The second-order valence-electron chi connectivity index (χ2n) is 7.27. The maximum atomic E-state index is 12.5. The Bertz CT molecular complexity index is 716. The molecule has 2 aromatic rings. The van der Waals surface area contributed by atoms with Crippen molar-refractivity contribution in [2.45, 2.75) is 18.3 Å². The van der Waals surface area contributed by atoms with Gasteiger partial charge in [-0.05, 0) is 44.6 Å². The molecule has 0 spiro atoms. The fourth-order valence-electron chi connectivity index (χ4n) is 3.54. The van der Waals surface area contributed by atoms with Gasteiger partial charge in [-0.3, -0.25) is 0 Å². The zero-order valence-electron chi connectivity index (χ0n) is 17.1. The molecule has 0 saturated carbocycles. The first-order valence-corrected chi connectivity index (χ1v) is 10.3. The quantitative estimate of drug-likeness (QED) is 0.338. The summed E-state index contributed by atoms with van der Waals surface area (Å²) < 4.78 is 0. The lowest BCUT2D eigenvalue weighted by Gasteiger charge is -2.36. The number of nitrogens with one attached hydrogen (secondary N) is 1. The molecular formula is C22H29ClN4O2. The lowest BCUT2D eigenvalue weighted by molar-refractivity contribution is 0.199. The lowest BCUT2D eigenvalue weighted by atomic mass is 9.71. The van der Waals surface area contributed by atoms with Crippen molar-refractivity contribution in [1.29, 1.82) is 0 Å². The van der Waals surface area contributed by atoms with Gasteiger partial charge in [-0.15, -0.1) is 16.5 Å². The summed E-state index contributed by atoms with van der Waals surface area (Å²) in [5.74, 6) is 0.143. The molecule has 29 heavy (non-hydrogen) atoms. The van der Waals surface area contributed by atoms with Crippen LogP contribution in [0.1, 0.15) is 24.0 Å². The summed E-state index contributed by atoms with van der Waals surface area (Å²) in [6.07, 6.45) is 1.79. The van der Waals surface area contributed by atoms with E-state index in [1.54, 1.807) is 0 Å². The molecule has 2 amide bonds. The molecule has 1 N–H and O–H groups in total. The lowest BCUT2D eigenvalue weighted by Crippen LogP contribution is -2.46. The number of hydrogen-bond donors (Lipinski definition) is 1. The van der Waals surface area contributed by atoms with Gasteiger partial charge >= 0.3 is 6.03 Å². The number of alkyl halides is 1. The minimum atomic E-state index is -0.538. The highest BCUT2D eigenvalue weighted by molar-refractivity contribution is 6.18. The van der Waals surface area contributed by atoms with Gasteiger partial charge in [-0.1, -0.05) is 60.7 Å². The van der Waals surface area contributed by atoms with Crippen LogP contribution in [0, 0.1) is 4.91 Å². The van der Waals surface area contributed by atoms with Crippen LogP contribution < -0.4 is 5.32 Å². The fourth-order valence-corrected chi connectivity index (χ4v) is 3.70. The van der Waals surface area contributed by atoms with Crippen LogP contribution >= 0.6 is 11.6 Å². The Kier molecular flexibility index (Phi) is 9.09. The van der Waals surface area contributed by atoms with Crippen LogP contribution in [-0.4, -0.2) is 55.5 Å². The average Bonchev–Trinajstić information content (AvgIpc) is 2.75. The number of rotatable bonds is 11. The molecule has 0 bridgehead atoms. The van der Waals surface area contributed by atoms with Gasteiger partial charge in [0.1, 0.15) is 0 Å². The number of hydrogen-bond acceptors (Lipinski definition) is 4. The first kappa shape index (κ1) is 22.8. The highest BCUT2D eigenvalue weighted by Gasteiger charge is 2.34. The SMILES string of the molecule is CN(C)CCCC(CNC(=O)N(CCCl)N=O)(c1ccccc1)c1ccccc1. The molecule has 156 valence electrons. The first-order chi connectivity index (χ1) is 14.0. The Morgan fingerprint density at radius 2 is 1.55 bits per heavy atom. The highest BCUT2D eigenvalue weighted by atomic mass is 35.5. The van der Waals surface area contributed by atoms with Gasteiger partial charge in [-0.25, -0.2) is 4.79 Å². The number of carbonyl (C=O) groups is 1. The average molecular weight is 417 g/mol. The molecule has 0 aromatic heterocycles. The molecule has 0 unspecified atom stereocenters. The number of carbonyl (C=O) groups excluding carboxylic acids is 1. The van der Waals surface area contributed by atoms with Crippen molar-refractivity contribution < 1.29 is 4.79 Å². The van der Waals surface area contributed by atoms with Crippen molar-refractivity contribution in [3.05, 3.63) is 76.7 Å². The molecule has 0 radical (unpaired) electrons. The molecule has 0 heterocycles. The maximum absolute atomic E-state index is 12.5. The third kappa shape index (κ3) is 6.27. The van der Waals surface area contributed by atoms with Gasteiger partial charge in [0.2, 0.25) is 0 Å². The van der Waals surface area contributed by atoms with E-state index in [1.807, 2.05) is 50.5 Å². The molecule has 2 aromatic carbocycles. The van der Waals surface area contributed by atoms with Crippen LogP contribution in [0.3, 0.4) is 0 Å². The smallest absolute Gasteiger partial charge is 0.335 e. The summed E-state index contributed by atoms with van der Waals surface area (Å²) in [5.41, 5.74) is 1.81. The van der Waals surface area contributed by atoms with E-state index in [2.05, 4.69) is 39.8 Å². The maximum Gasteiger partial charge on any atom is 0.340 e. The minimum Gasteiger partial charge on any atom is -0.335 e. The third-order valence-electron chi connectivity index (χ3n) is 5.03. The van der Waals surface area contributed by atoms with Crippen molar-refractivity contribution in [3.63, 3.8) is 0 Å². The molecule has 6 nitrogen and oxygen atoms in total. The van der Waals surface area contributed by atoms with E-state index in [1.165, 1.54) is 0 Å². The van der Waals surface area contributed by atoms with E-state index >= 15 is 0 Å². The Morgan fingerprint density at radius 3 is 2.00 bits per heavy atom. The van der Waals surface area contributed by atoms with Crippen LogP contribution in [0.2, 0.25) is 0 Å². The number of urea groups is 1. The predicted molar refractivity (Wildman–Crippen MR) is 118 cm³/mol. The Balaban J connectivity index is 2.39. The summed E-state index contributed by atoms with van der Waals surface area (Å²) in [6.45, 7) is 1.35. The topological polar surface area (TPSA) is 65.0 Å². The van der Waals surface area contributed by atoms with Gasteiger partial charge in [0, 0.05) is 17.8 Å². The molecule has 7 heteroatoms. The number of amides is 2. The van der Waals surface area contributed by atoms with Gasteiger partial charge in [-0.2, -0.15) is 5.01 Å². The summed E-state index contributed by atoms with van der Waals surface area (Å²) in [6, 6.07) is 19.8. The van der Waals surface area contributed by atoms with Crippen molar-refractivity contribution >= 4 is 17.6 Å². The molecule has 0 aliphatic rings. The Morgan fingerprint density at radius 1 is 1.00 bits per heavy atom. The molecule has 0 aliphatic heterocycles. The summed E-state index contributed by atoms with van der Waals surface area (Å²) >= 11 is 5.67. The van der Waals surface area contributed by atoms with Crippen molar-refractivity contribution in [3.8, 4) is 0 Å². The van der Waals surface area contributed by atoms with Gasteiger partial charge in [0.25, 0.3) is 0 Å². The van der Waals surface area contributed by atoms with Crippen molar-refractivity contribution in [1.82, 2.24) is 15.2 Å². The highest BCUT2D eigenvalue weighted by Crippen LogP contribution is 2.36. The van der Waals surface area contributed by atoms with Crippen molar-refractivity contribution in [2.24, 2.45) is 5.29 Å². The molecule has 0 saturated heterocycles.